The minimum Gasteiger partial charge on any atom is -0.490 e. The van der Waals surface area contributed by atoms with Crippen molar-refractivity contribution in [2.75, 3.05) is 25.6 Å². The summed E-state index contributed by atoms with van der Waals surface area (Å²) in [6, 6.07) is 12.6. The molecule has 2 N–H and O–H groups in total. The molecule has 0 unspecified atom stereocenters. The van der Waals surface area contributed by atoms with Gasteiger partial charge in [-0.2, -0.15) is 0 Å². The van der Waals surface area contributed by atoms with Crippen LogP contribution in [0, 0.1) is 6.92 Å². The van der Waals surface area contributed by atoms with E-state index in [4.69, 9.17) is 19.9 Å². The van der Waals surface area contributed by atoms with Crippen LogP contribution in [0.2, 0.25) is 0 Å². The molecular weight excluding hydrogens is 294 g/mol. The number of nitrogens with two attached hydrogens (primary N) is 1. The third kappa shape index (κ3) is 4.92. The van der Waals surface area contributed by atoms with Gasteiger partial charge in [0.2, 0.25) is 0 Å². The molecule has 2 aromatic carbocycles. The van der Waals surface area contributed by atoms with E-state index in [9.17, 15) is 4.79 Å². The number of rotatable bonds is 7. The van der Waals surface area contributed by atoms with Crippen LogP contribution >= 0.6 is 0 Å². The molecule has 0 aliphatic carbocycles. The molecule has 122 valence electrons. The lowest BCUT2D eigenvalue weighted by molar-refractivity contribution is 0.0526. The average Bonchev–Trinajstić information content (AvgIpc) is 2.53. The van der Waals surface area contributed by atoms with Gasteiger partial charge in [-0.1, -0.05) is 12.1 Å². The fourth-order valence-corrected chi connectivity index (χ4v) is 2.02. The first kappa shape index (κ1) is 16.7. The number of carbonyl (C=O) groups is 1. The van der Waals surface area contributed by atoms with Crippen molar-refractivity contribution in [2.45, 2.75) is 13.8 Å². The minimum atomic E-state index is -0.395. The van der Waals surface area contributed by atoms with Gasteiger partial charge in [0, 0.05) is 0 Å². The van der Waals surface area contributed by atoms with Crippen molar-refractivity contribution in [1.82, 2.24) is 0 Å². The Labute approximate surface area is 136 Å². The maximum Gasteiger partial charge on any atom is 0.338 e. The van der Waals surface area contributed by atoms with E-state index in [1.54, 1.807) is 25.1 Å². The molecule has 2 aromatic rings. The van der Waals surface area contributed by atoms with Crippen molar-refractivity contribution in [3.8, 4) is 11.5 Å². The molecule has 0 saturated heterocycles. The van der Waals surface area contributed by atoms with Gasteiger partial charge in [-0.15, -0.1) is 0 Å². The number of nitrogen functional groups attached to an aromatic ring is 1. The summed E-state index contributed by atoms with van der Waals surface area (Å²) in [5.41, 5.74) is 7.87. The first-order chi connectivity index (χ1) is 11.1. The van der Waals surface area contributed by atoms with Gasteiger partial charge in [0.15, 0.2) is 0 Å². The lowest BCUT2D eigenvalue weighted by atomic mass is 10.2. The van der Waals surface area contributed by atoms with Gasteiger partial charge in [-0.05, 0) is 49.7 Å². The van der Waals surface area contributed by atoms with Gasteiger partial charge in [0.1, 0.15) is 24.7 Å². The van der Waals surface area contributed by atoms with Gasteiger partial charge < -0.3 is 19.9 Å². The standard InChI is InChI=1S/C18H21NO4/c1-3-21-18(20)14-7-8-16(19)17(12-14)23-10-9-22-15-6-4-5-13(2)11-15/h4-8,11-12H,3,9-10,19H2,1-2H3. The SMILES string of the molecule is CCOC(=O)c1ccc(N)c(OCCOc2cccc(C)c2)c1. The van der Waals surface area contributed by atoms with Crippen LogP contribution in [0.3, 0.4) is 0 Å². The fraction of sp³-hybridized carbons (Fsp3) is 0.278. The van der Waals surface area contributed by atoms with Gasteiger partial charge in [-0.3, -0.25) is 0 Å². The predicted octanol–water partition coefficient (Wildman–Crippen LogP) is 3.21. The van der Waals surface area contributed by atoms with Crippen LogP contribution in [-0.2, 0) is 4.74 Å². The summed E-state index contributed by atoms with van der Waals surface area (Å²) in [5.74, 6) is 0.846. The summed E-state index contributed by atoms with van der Waals surface area (Å²) in [6.45, 7) is 4.79. The van der Waals surface area contributed by atoms with E-state index in [0.717, 1.165) is 11.3 Å². The highest BCUT2D eigenvalue weighted by molar-refractivity contribution is 5.90. The number of anilines is 1. The smallest absolute Gasteiger partial charge is 0.338 e. The number of carbonyl (C=O) groups excluding carboxylic acids is 1. The highest BCUT2D eigenvalue weighted by Crippen LogP contribution is 2.23. The van der Waals surface area contributed by atoms with E-state index in [0.29, 0.717) is 36.8 Å². The normalized spacial score (nSPS) is 10.2. The number of hydrogen-bond acceptors (Lipinski definition) is 5. The lowest BCUT2D eigenvalue weighted by Crippen LogP contribution is -2.11. The van der Waals surface area contributed by atoms with Gasteiger partial charge in [0.05, 0.1) is 17.9 Å². The third-order valence-electron chi connectivity index (χ3n) is 3.12. The first-order valence-corrected chi connectivity index (χ1v) is 7.49. The van der Waals surface area contributed by atoms with Crippen LogP contribution in [0.5, 0.6) is 11.5 Å². The average molecular weight is 315 g/mol. The molecule has 0 heterocycles. The molecule has 5 heteroatoms. The summed E-state index contributed by atoms with van der Waals surface area (Å²) in [4.78, 5) is 11.7. The van der Waals surface area contributed by atoms with Crippen LogP contribution in [0.25, 0.3) is 0 Å². The van der Waals surface area contributed by atoms with Gasteiger partial charge in [-0.25, -0.2) is 4.79 Å². The van der Waals surface area contributed by atoms with Crippen LogP contribution in [0.1, 0.15) is 22.8 Å². The van der Waals surface area contributed by atoms with Crippen LogP contribution < -0.4 is 15.2 Å². The Morgan fingerprint density at radius 1 is 1.09 bits per heavy atom. The summed E-state index contributed by atoms with van der Waals surface area (Å²) in [5, 5.41) is 0. The van der Waals surface area contributed by atoms with Gasteiger partial charge >= 0.3 is 5.97 Å². The van der Waals surface area contributed by atoms with Crippen molar-refractivity contribution in [1.29, 1.82) is 0 Å². The fourth-order valence-electron chi connectivity index (χ4n) is 2.02. The zero-order chi connectivity index (χ0) is 16.7. The minimum absolute atomic E-state index is 0.323. The number of aryl methyl sites for hydroxylation is 1. The summed E-state index contributed by atoms with van der Waals surface area (Å²) in [6.07, 6.45) is 0. The third-order valence-corrected chi connectivity index (χ3v) is 3.12. The molecule has 0 spiro atoms. The summed E-state index contributed by atoms with van der Waals surface area (Å²) < 4.78 is 16.2. The van der Waals surface area contributed by atoms with Crippen LogP contribution in [-0.4, -0.2) is 25.8 Å². The Hall–Kier alpha value is -2.69. The zero-order valence-electron chi connectivity index (χ0n) is 13.4. The highest BCUT2D eigenvalue weighted by atomic mass is 16.5. The molecule has 0 bridgehead atoms. The molecule has 0 radical (unpaired) electrons. The quantitative estimate of drug-likeness (QED) is 0.482. The predicted molar refractivity (Wildman–Crippen MR) is 89.0 cm³/mol. The van der Waals surface area contributed by atoms with Gasteiger partial charge in [0.25, 0.3) is 0 Å². The molecule has 0 aliphatic heterocycles. The Morgan fingerprint density at radius 2 is 1.87 bits per heavy atom. The van der Waals surface area contributed by atoms with E-state index in [-0.39, 0.29) is 0 Å². The van der Waals surface area contributed by atoms with Crippen molar-refractivity contribution in [2.24, 2.45) is 0 Å². The number of benzene rings is 2. The Morgan fingerprint density at radius 3 is 2.61 bits per heavy atom. The first-order valence-electron chi connectivity index (χ1n) is 7.49. The van der Waals surface area contributed by atoms with Crippen molar-refractivity contribution >= 4 is 11.7 Å². The molecule has 2 rings (SSSR count). The Balaban J connectivity index is 1.89. The van der Waals surface area contributed by atoms with Crippen molar-refractivity contribution < 1.29 is 19.0 Å². The van der Waals surface area contributed by atoms with E-state index < -0.39 is 5.97 Å². The maximum atomic E-state index is 11.7. The van der Waals surface area contributed by atoms with Crippen molar-refractivity contribution in [3.05, 3.63) is 53.6 Å². The molecule has 0 atom stereocenters. The van der Waals surface area contributed by atoms with Crippen molar-refractivity contribution in [3.63, 3.8) is 0 Å². The molecule has 0 amide bonds. The second-order valence-corrected chi connectivity index (χ2v) is 4.99. The Bertz CT molecular complexity index is 670. The second-order valence-electron chi connectivity index (χ2n) is 4.99. The largest absolute Gasteiger partial charge is 0.490 e. The number of esters is 1. The van der Waals surface area contributed by atoms with E-state index in [1.165, 1.54) is 0 Å². The van der Waals surface area contributed by atoms with Crippen LogP contribution in [0.15, 0.2) is 42.5 Å². The number of ether oxygens (including phenoxy) is 3. The lowest BCUT2D eigenvalue weighted by Gasteiger charge is -2.11. The zero-order valence-corrected chi connectivity index (χ0v) is 13.4. The number of hydrogen-bond donors (Lipinski definition) is 1. The molecule has 0 saturated carbocycles. The Kier molecular flexibility index (Phi) is 5.86. The van der Waals surface area contributed by atoms with Crippen LogP contribution in [0.4, 0.5) is 5.69 Å². The van der Waals surface area contributed by atoms with E-state index in [2.05, 4.69) is 0 Å². The summed E-state index contributed by atoms with van der Waals surface area (Å²) in [7, 11) is 0. The topological polar surface area (TPSA) is 70.8 Å². The maximum absolute atomic E-state index is 11.7. The second kappa shape index (κ2) is 8.08. The monoisotopic (exact) mass is 315 g/mol. The van der Waals surface area contributed by atoms with E-state index in [1.807, 2.05) is 31.2 Å². The molecular formula is C18H21NO4. The molecule has 0 aliphatic rings. The molecule has 23 heavy (non-hydrogen) atoms. The highest BCUT2D eigenvalue weighted by Gasteiger charge is 2.10. The van der Waals surface area contributed by atoms with E-state index >= 15 is 0 Å². The molecule has 0 fully saturated rings. The molecule has 0 aromatic heterocycles. The summed E-state index contributed by atoms with van der Waals surface area (Å²) >= 11 is 0. The molecule has 5 nitrogen and oxygen atoms in total.